The Hall–Kier alpha value is -3.58. The van der Waals surface area contributed by atoms with Crippen molar-refractivity contribution in [3.05, 3.63) is 92.2 Å². The van der Waals surface area contributed by atoms with E-state index in [1.54, 1.807) is 37.3 Å². The minimum absolute atomic E-state index is 0.0664. The van der Waals surface area contributed by atoms with Crippen molar-refractivity contribution in [3.63, 3.8) is 0 Å². The minimum atomic E-state index is -3.78. The maximum absolute atomic E-state index is 16.0. The summed E-state index contributed by atoms with van der Waals surface area (Å²) in [6, 6.07) is 14.0. The summed E-state index contributed by atoms with van der Waals surface area (Å²) in [7, 11) is -3.78. The molecular weight excluding hydrogens is 658 g/mol. The molecule has 0 radical (unpaired) electrons. The van der Waals surface area contributed by atoms with E-state index in [2.05, 4.69) is 5.32 Å². The Morgan fingerprint density at radius 2 is 1.83 bits per heavy atom. The van der Waals surface area contributed by atoms with Crippen molar-refractivity contribution >= 4 is 61.9 Å². The molecule has 3 aromatic carbocycles. The second-order valence-corrected chi connectivity index (χ2v) is 15.2. The molecule has 6 rings (SSSR count). The van der Waals surface area contributed by atoms with E-state index < -0.39 is 61.5 Å². The Morgan fingerprint density at radius 3 is 2.48 bits per heavy atom. The molecule has 3 aliphatic rings. The number of amides is 2. The maximum Gasteiger partial charge on any atom is 0.294 e. The van der Waals surface area contributed by atoms with Crippen molar-refractivity contribution in [2.75, 3.05) is 29.6 Å². The average molecular weight is 690 g/mol. The van der Waals surface area contributed by atoms with E-state index in [-0.39, 0.29) is 27.7 Å². The lowest BCUT2D eigenvalue weighted by Crippen LogP contribution is -2.56. The predicted octanol–water partition coefficient (Wildman–Crippen LogP) is 6.07. The van der Waals surface area contributed by atoms with Crippen LogP contribution < -0.4 is 10.2 Å². The fourth-order valence-electron chi connectivity index (χ4n) is 7.09. The highest BCUT2D eigenvalue weighted by molar-refractivity contribution is 7.90. The van der Waals surface area contributed by atoms with E-state index in [0.29, 0.717) is 29.6 Å². The third-order valence-electron chi connectivity index (χ3n) is 9.45. The largest absolute Gasteiger partial charge is 0.324 e. The Morgan fingerprint density at radius 1 is 1.11 bits per heavy atom. The van der Waals surface area contributed by atoms with Gasteiger partial charge in [-0.2, -0.15) is 0 Å². The number of hydrogen-bond acceptors (Lipinski definition) is 7. The van der Waals surface area contributed by atoms with Crippen LogP contribution in [-0.2, 0) is 19.4 Å². The second-order valence-electron chi connectivity index (χ2n) is 12.4. The number of anilines is 2. The smallest absolute Gasteiger partial charge is 0.294 e. The number of nitro benzene ring substituents is 1. The van der Waals surface area contributed by atoms with Crippen molar-refractivity contribution < 1.29 is 27.3 Å². The number of rotatable bonds is 8. The number of likely N-dealkylation sites (tertiary alicyclic amines) is 1. The van der Waals surface area contributed by atoms with E-state index in [4.69, 9.17) is 23.2 Å². The van der Waals surface area contributed by atoms with Gasteiger partial charge in [0.1, 0.15) is 17.0 Å². The molecule has 46 heavy (non-hydrogen) atoms. The van der Waals surface area contributed by atoms with Crippen LogP contribution in [-0.4, -0.2) is 61.0 Å². The molecule has 2 amide bonds. The molecule has 4 atom stereocenters. The summed E-state index contributed by atoms with van der Waals surface area (Å²) in [6.07, 6.45) is 3.17. The highest BCUT2D eigenvalue weighted by atomic mass is 35.5. The fraction of sp³-hybridized carbons (Fsp3) is 0.375. The van der Waals surface area contributed by atoms with E-state index in [1.807, 2.05) is 4.90 Å². The van der Waals surface area contributed by atoms with Gasteiger partial charge in [-0.25, -0.2) is 12.8 Å². The lowest BCUT2D eigenvalue weighted by Gasteiger charge is -2.40. The molecule has 0 spiro atoms. The molecule has 2 aliphatic heterocycles. The van der Waals surface area contributed by atoms with Crippen molar-refractivity contribution in [1.82, 2.24) is 4.90 Å². The summed E-state index contributed by atoms with van der Waals surface area (Å²) in [5.41, 5.74) is -1.56. The van der Waals surface area contributed by atoms with Gasteiger partial charge < -0.3 is 10.2 Å². The first kappa shape index (κ1) is 32.4. The van der Waals surface area contributed by atoms with Crippen molar-refractivity contribution in [2.24, 2.45) is 11.8 Å². The second kappa shape index (κ2) is 11.9. The van der Waals surface area contributed by atoms with Gasteiger partial charge in [-0.3, -0.25) is 24.6 Å². The number of carbonyl (C=O) groups excluding carboxylic acids is 2. The van der Waals surface area contributed by atoms with Gasteiger partial charge in [-0.15, -0.1) is 0 Å². The Labute approximate surface area is 275 Å². The van der Waals surface area contributed by atoms with E-state index in [9.17, 15) is 28.1 Å². The summed E-state index contributed by atoms with van der Waals surface area (Å²) in [4.78, 5) is 43.6. The number of halogens is 3. The summed E-state index contributed by atoms with van der Waals surface area (Å²) in [6.45, 7) is 2.27. The number of hydrogen-bond donors (Lipinski definition) is 1. The van der Waals surface area contributed by atoms with Crippen LogP contribution in [0.1, 0.15) is 37.7 Å². The van der Waals surface area contributed by atoms with Crippen LogP contribution in [0.3, 0.4) is 0 Å². The van der Waals surface area contributed by atoms with Crippen LogP contribution in [0.5, 0.6) is 0 Å². The molecule has 3 aromatic rings. The normalized spacial score (nSPS) is 24.9. The zero-order chi connectivity index (χ0) is 33.1. The molecule has 10 nitrogen and oxygen atoms in total. The number of sulfone groups is 1. The first-order valence-electron chi connectivity index (χ1n) is 14.8. The number of nitrogens with one attached hydrogen (secondary N) is 1. The third-order valence-corrected chi connectivity index (χ3v) is 11.1. The molecule has 242 valence electrons. The maximum atomic E-state index is 16.0. The topological polar surface area (TPSA) is 130 Å². The SMILES string of the molecule is C[C@]1(C(=O)Nc2cccc(Cl)c2)[C@@H](c2cccc(Cl)c2F)[C@@H]2C(=O)N(c3ccc(S(C)(=O)=O)cc3[N+](=O)[O-])CC[C@@H]2N1CC1CC1. The van der Waals surface area contributed by atoms with Gasteiger partial charge in [0.15, 0.2) is 9.84 Å². The molecule has 2 heterocycles. The quantitative estimate of drug-likeness (QED) is 0.225. The number of piperidine rings is 1. The van der Waals surface area contributed by atoms with Gasteiger partial charge in [-0.05, 0) is 74.1 Å². The zero-order valence-electron chi connectivity index (χ0n) is 25.0. The molecule has 1 aliphatic carbocycles. The van der Waals surface area contributed by atoms with Crippen LogP contribution in [0.25, 0.3) is 0 Å². The molecule has 3 fully saturated rings. The first-order valence-corrected chi connectivity index (χ1v) is 17.4. The van der Waals surface area contributed by atoms with E-state index >= 15 is 4.39 Å². The number of nitrogens with zero attached hydrogens (tertiary/aromatic N) is 3. The first-order chi connectivity index (χ1) is 21.7. The minimum Gasteiger partial charge on any atom is -0.324 e. The van der Waals surface area contributed by atoms with Gasteiger partial charge in [0.25, 0.3) is 5.69 Å². The van der Waals surface area contributed by atoms with Crippen LogP contribution in [0.4, 0.5) is 21.5 Å². The predicted molar refractivity (Wildman–Crippen MR) is 173 cm³/mol. The molecule has 1 N–H and O–H groups in total. The van der Waals surface area contributed by atoms with E-state index in [0.717, 1.165) is 25.2 Å². The Kier molecular flexibility index (Phi) is 8.37. The van der Waals surface area contributed by atoms with Gasteiger partial charge in [-0.1, -0.05) is 41.4 Å². The highest BCUT2D eigenvalue weighted by Crippen LogP contribution is 2.55. The Bertz CT molecular complexity index is 1870. The number of nitro groups is 1. The molecule has 0 unspecified atom stereocenters. The van der Waals surface area contributed by atoms with Crippen molar-refractivity contribution in [1.29, 1.82) is 0 Å². The molecule has 0 aromatic heterocycles. The monoisotopic (exact) mass is 688 g/mol. The van der Waals surface area contributed by atoms with Gasteiger partial charge in [0.05, 0.1) is 20.8 Å². The lowest BCUT2D eigenvalue weighted by atomic mass is 9.72. The van der Waals surface area contributed by atoms with Crippen molar-refractivity contribution in [3.8, 4) is 0 Å². The zero-order valence-corrected chi connectivity index (χ0v) is 27.3. The molecule has 2 saturated heterocycles. The summed E-state index contributed by atoms with van der Waals surface area (Å²) in [5, 5.41) is 15.3. The number of carbonyl (C=O) groups is 2. The number of benzene rings is 3. The van der Waals surface area contributed by atoms with Gasteiger partial charge in [0.2, 0.25) is 11.8 Å². The standard InChI is InChI=1S/C32H31Cl2FN4O6S/c1-32(31(41)36-20-6-3-5-19(33)15-20)28(22-7-4-8-23(34)29(22)35)27-25(38(32)17-18-9-10-18)13-14-37(30(27)40)24-12-11-21(46(2,44)45)16-26(24)39(42)43/h3-8,11-12,15-16,18,25,27-28H,9-10,13-14,17H2,1-2H3,(H,36,41)/t25-,27+,28-,32+/m0/s1. The molecular formula is C32H31Cl2FN4O6S. The summed E-state index contributed by atoms with van der Waals surface area (Å²) in [5.74, 6) is -3.49. The average Bonchev–Trinajstić information content (AvgIpc) is 3.78. The van der Waals surface area contributed by atoms with E-state index in [1.165, 1.54) is 29.2 Å². The number of fused-ring (bicyclic) bond motifs is 1. The highest BCUT2D eigenvalue weighted by Gasteiger charge is 2.65. The van der Waals surface area contributed by atoms with Crippen LogP contribution in [0.2, 0.25) is 10.0 Å². The third kappa shape index (κ3) is 5.65. The summed E-state index contributed by atoms with van der Waals surface area (Å²) < 4.78 is 40.4. The van der Waals surface area contributed by atoms with Gasteiger partial charge in [0, 0.05) is 48.1 Å². The Balaban J connectivity index is 1.50. The van der Waals surface area contributed by atoms with Crippen LogP contribution in [0, 0.1) is 27.8 Å². The van der Waals surface area contributed by atoms with Gasteiger partial charge >= 0.3 is 0 Å². The van der Waals surface area contributed by atoms with Crippen LogP contribution >= 0.6 is 23.2 Å². The molecule has 14 heteroatoms. The molecule has 1 saturated carbocycles. The lowest BCUT2D eigenvalue weighted by molar-refractivity contribution is -0.384. The van der Waals surface area contributed by atoms with Crippen LogP contribution in [0.15, 0.2) is 65.6 Å². The summed E-state index contributed by atoms with van der Waals surface area (Å²) >= 11 is 12.5. The molecule has 0 bridgehead atoms. The van der Waals surface area contributed by atoms with Crippen molar-refractivity contribution in [2.45, 2.75) is 48.6 Å². The fourth-order valence-corrected chi connectivity index (χ4v) is 8.10.